The van der Waals surface area contributed by atoms with Crippen molar-refractivity contribution in [2.24, 2.45) is 4.99 Å². The number of aliphatic imine (C=N–C) groups is 1. The molecule has 3 aromatic heterocycles. The summed E-state index contributed by atoms with van der Waals surface area (Å²) < 4.78 is 13.5. The van der Waals surface area contributed by atoms with E-state index in [1.807, 2.05) is 18.3 Å². The van der Waals surface area contributed by atoms with Gasteiger partial charge in [0, 0.05) is 35.9 Å². The van der Waals surface area contributed by atoms with Crippen LogP contribution in [0.4, 0.5) is 10.2 Å². The van der Waals surface area contributed by atoms with Crippen LogP contribution in [-0.2, 0) is 12.8 Å². The Labute approximate surface area is 162 Å². The number of anilines is 1. The molecule has 4 rings (SSSR count). The lowest BCUT2D eigenvalue weighted by Crippen LogP contribution is -2.27. The molecular formula is C21H21FN6. The Morgan fingerprint density at radius 2 is 2.29 bits per heavy atom. The minimum Gasteiger partial charge on any atom is -0.365 e. The molecule has 0 aliphatic heterocycles. The molecule has 28 heavy (non-hydrogen) atoms. The number of H-pyrrole nitrogens is 1. The standard InChI is InChI=1S/C21H21FN6/c1-13(22)10-15(12-23-2)20-27-18-4-3-8-25-19(18)21(28-20)26-16-5-6-17-14(11-16)7-9-24-17/h3-4,7-10,12,16,24H,2,5-6,11H2,1H3,(H,26,27,28)/b13-10+,15-12+/t16-/m0/s1. The minimum absolute atomic E-state index is 0.236. The average molecular weight is 376 g/mol. The molecule has 1 aliphatic carbocycles. The van der Waals surface area contributed by atoms with E-state index < -0.39 is 0 Å². The predicted octanol–water partition coefficient (Wildman–Crippen LogP) is 4.24. The molecule has 0 aromatic carbocycles. The van der Waals surface area contributed by atoms with Gasteiger partial charge in [0.05, 0.1) is 11.3 Å². The Bertz CT molecular complexity index is 1080. The summed E-state index contributed by atoms with van der Waals surface area (Å²) in [6.45, 7) is 4.83. The highest BCUT2D eigenvalue weighted by atomic mass is 19.1. The molecule has 3 heterocycles. The molecule has 0 radical (unpaired) electrons. The molecule has 0 fully saturated rings. The van der Waals surface area contributed by atoms with Crippen LogP contribution in [0.25, 0.3) is 16.6 Å². The van der Waals surface area contributed by atoms with Crippen LogP contribution in [0.2, 0.25) is 0 Å². The number of aromatic amines is 1. The van der Waals surface area contributed by atoms with E-state index in [4.69, 9.17) is 0 Å². The second-order valence-electron chi connectivity index (χ2n) is 6.83. The number of halogens is 1. The zero-order chi connectivity index (χ0) is 19.5. The van der Waals surface area contributed by atoms with E-state index in [1.165, 1.54) is 30.5 Å². The molecule has 0 saturated carbocycles. The molecule has 2 N–H and O–H groups in total. The van der Waals surface area contributed by atoms with E-state index in [0.29, 0.717) is 28.2 Å². The maximum atomic E-state index is 13.5. The van der Waals surface area contributed by atoms with Crippen LogP contribution >= 0.6 is 0 Å². The largest absolute Gasteiger partial charge is 0.365 e. The number of aromatic nitrogens is 4. The number of hydrogen-bond acceptors (Lipinski definition) is 5. The fourth-order valence-electron chi connectivity index (χ4n) is 3.53. The van der Waals surface area contributed by atoms with Gasteiger partial charge in [-0.15, -0.1) is 0 Å². The van der Waals surface area contributed by atoms with Crippen LogP contribution in [0.15, 0.2) is 53.7 Å². The number of rotatable bonds is 5. The Balaban J connectivity index is 1.74. The van der Waals surface area contributed by atoms with Gasteiger partial charge >= 0.3 is 0 Å². The highest BCUT2D eigenvalue weighted by Crippen LogP contribution is 2.27. The lowest BCUT2D eigenvalue weighted by atomic mass is 9.93. The van der Waals surface area contributed by atoms with Crippen LogP contribution in [0, 0.1) is 0 Å². The zero-order valence-corrected chi connectivity index (χ0v) is 15.6. The summed E-state index contributed by atoms with van der Waals surface area (Å²) in [6, 6.07) is 6.05. The second-order valence-corrected chi connectivity index (χ2v) is 6.83. The fourth-order valence-corrected chi connectivity index (χ4v) is 3.53. The monoisotopic (exact) mass is 376 g/mol. The zero-order valence-electron chi connectivity index (χ0n) is 15.6. The van der Waals surface area contributed by atoms with E-state index in [2.05, 4.69) is 43.0 Å². The summed E-state index contributed by atoms with van der Waals surface area (Å²) in [4.78, 5) is 20.7. The van der Waals surface area contributed by atoms with Crippen molar-refractivity contribution >= 4 is 29.1 Å². The number of pyridine rings is 1. The number of nitrogens with zero attached hydrogens (tertiary/aromatic N) is 4. The Hall–Kier alpha value is -3.35. The normalized spacial score (nSPS) is 17.4. The third-order valence-electron chi connectivity index (χ3n) is 4.78. The fraction of sp³-hybridized carbons (Fsp3) is 0.238. The van der Waals surface area contributed by atoms with Gasteiger partial charge in [0.1, 0.15) is 5.52 Å². The summed E-state index contributed by atoms with van der Waals surface area (Å²) in [7, 11) is 0. The van der Waals surface area contributed by atoms with E-state index >= 15 is 0 Å². The Kier molecular flexibility index (Phi) is 4.97. The SMILES string of the molecule is C=N/C=C(\C=C(/C)F)c1nc(N[C@H]2CCc3[nH]ccc3C2)c2ncccc2n1. The van der Waals surface area contributed by atoms with Gasteiger partial charge in [-0.3, -0.25) is 9.98 Å². The average Bonchev–Trinajstić information content (AvgIpc) is 3.15. The lowest BCUT2D eigenvalue weighted by molar-refractivity contribution is 0.603. The predicted molar refractivity (Wildman–Crippen MR) is 110 cm³/mol. The van der Waals surface area contributed by atoms with Gasteiger partial charge in [-0.05, 0) is 62.7 Å². The van der Waals surface area contributed by atoms with E-state index in [1.54, 1.807) is 6.20 Å². The van der Waals surface area contributed by atoms with E-state index in [-0.39, 0.29) is 11.9 Å². The van der Waals surface area contributed by atoms with Crippen LogP contribution in [0.1, 0.15) is 30.4 Å². The van der Waals surface area contributed by atoms with Crippen molar-refractivity contribution < 1.29 is 4.39 Å². The molecule has 0 spiro atoms. The first kappa shape index (κ1) is 18.0. The number of nitrogens with one attached hydrogen (secondary N) is 2. The highest BCUT2D eigenvalue weighted by Gasteiger charge is 2.21. The van der Waals surface area contributed by atoms with Crippen molar-refractivity contribution in [2.75, 3.05) is 5.32 Å². The first-order valence-electron chi connectivity index (χ1n) is 9.18. The number of allylic oxidation sites excluding steroid dienone is 3. The topological polar surface area (TPSA) is 78.9 Å². The Morgan fingerprint density at radius 3 is 3.11 bits per heavy atom. The maximum Gasteiger partial charge on any atom is 0.163 e. The summed E-state index contributed by atoms with van der Waals surface area (Å²) in [6.07, 6.45) is 9.39. The number of fused-ring (bicyclic) bond motifs is 2. The minimum atomic E-state index is -0.355. The molecule has 0 saturated heterocycles. The molecule has 142 valence electrons. The smallest absolute Gasteiger partial charge is 0.163 e. The third-order valence-corrected chi connectivity index (χ3v) is 4.78. The van der Waals surface area contributed by atoms with Crippen LogP contribution in [0.3, 0.4) is 0 Å². The first-order valence-corrected chi connectivity index (χ1v) is 9.18. The van der Waals surface area contributed by atoms with Gasteiger partial charge in [-0.25, -0.2) is 14.4 Å². The quantitative estimate of drug-likeness (QED) is 0.516. The van der Waals surface area contributed by atoms with Gasteiger partial charge in [-0.1, -0.05) is 0 Å². The summed E-state index contributed by atoms with van der Waals surface area (Å²) in [5.41, 5.74) is 4.46. The lowest BCUT2D eigenvalue weighted by Gasteiger charge is -2.24. The second kappa shape index (κ2) is 7.72. The molecular weight excluding hydrogens is 355 g/mol. The van der Waals surface area contributed by atoms with E-state index in [9.17, 15) is 4.39 Å². The number of aryl methyl sites for hydroxylation is 1. The van der Waals surface area contributed by atoms with Crippen LogP contribution in [0.5, 0.6) is 0 Å². The molecule has 0 unspecified atom stereocenters. The third kappa shape index (κ3) is 3.69. The van der Waals surface area contributed by atoms with Crippen molar-refractivity contribution in [3.63, 3.8) is 0 Å². The van der Waals surface area contributed by atoms with Crippen molar-refractivity contribution in [3.8, 4) is 0 Å². The molecule has 0 amide bonds. The highest BCUT2D eigenvalue weighted by molar-refractivity contribution is 5.87. The molecule has 6 nitrogen and oxygen atoms in total. The number of hydrogen-bond donors (Lipinski definition) is 2. The van der Waals surface area contributed by atoms with Crippen LogP contribution in [-0.4, -0.2) is 32.7 Å². The first-order chi connectivity index (χ1) is 13.6. The molecule has 1 aliphatic rings. The summed E-state index contributed by atoms with van der Waals surface area (Å²) in [5, 5.41) is 3.53. The van der Waals surface area contributed by atoms with E-state index in [0.717, 1.165) is 19.3 Å². The van der Waals surface area contributed by atoms with Gasteiger partial charge < -0.3 is 10.3 Å². The van der Waals surface area contributed by atoms with Crippen molar-refractivity contribution in [1.82, 2.24) is 19.9 Å². The molecule has 0 bridgehead atoms. The van der Waals surface area contributed by atoms with Crippen molar-refractivity contribution in [3.05, 3.63) is 65.8 Å². The Morgan fingerprint density at radius 1 is 1.39 bits per heavy atom. The maximum absolute atomic E-state index is 13.5. The van der Waals surface area contributed by atoms with Crippen molar-refractivity contribution in [1.29, 1.82) is 0 Å². The molecule has 7 heteroatoms. The van der Waals surface area contributed by atoms with Gasteiger partial charge in [0.25, 0.3) is 0 Å². The summed E-state index contributed by atoms with van der Waals surface area (Å²) >= 11 is 0. The van der Waals surface area contributed by atoms with Crippen molar-refractivity contribution in [2.45, 2.75) is 32.2 Å². The van der Waals surface area contributed by atoms with Crippen LogP contribution < -0.4 is 5.32 Å². The van der Waals surface area contributed by atoms with Gasteiger partial charge in [0.15, 0.2) is 11.6 Å². The van der Waals surface area contributed by atoms with Gasteiger partial charge in [0.2, 0.25) is 0 Å². The molecule has 1 atom stereocenters. The summed E-state index contributed by atoms with van der Waals surface area (Å²) in [5.74, 6) is 0.668. The molecule has 3 aromatic rings. The van der Waals surface area contributed by atoms with Gasteiger partial charge in [-0.2, -0.15) is 0 Å².